The van der Waals surface area contributed by atoms with E-state index in [9.17, 15) is 0 Å². The van der Waals surface area contributed by atoms with E-state index in [0.29, 0.717) is 12.1 Å². The van der Waals surface area contributed by atoms with Crippen molar-refractivity contribution in [3.63, 3.8) is 0 Å². The fraction of sp³-hybridized carbons (Fsp3) is 0.647. The molecule has 3 unspecified atom stereocenters. The van der Waals surface area contributed by atoms with E-state index >= 15 is 0 Å². The van der Waals surface area contributed by atoms with Gasteiger partial charge in [-0.15, -0.1) is 0 Å². The molecular formula is C17H27NO. The van der Waals surface area contributed by atoms with E-state index in [1.54, 1.807) is 0 Å². The quantitative estimate of drug-likeness (QED) is 0.869. The average molecular weight is 261 g/mol. The molecule has 2 heteroatoms. The number of aryl methyl sites for hydroxylation is 2. The van der Waals surface area contributed by atoms with Crippen molar-refractivity contribution < 1.29 is 4.74 Å². The smallest absolute Gasteiger partial charge is 0.125 e. The Hall–Kier alpha value is -1.02. The first-order valence-electron chi connectivity index (χ1n) is 7.49. The first-order chi connectivity index (χ1) is 9.02. The highest BCUT2D eigenvalue weighted by Gasteiger charge is 2.51. The molecule has 0 heterocycles. The van der Waals surface area contributed by atoms with Crippen LogP contribution < -0.4 is 10.1 Å². The maximum absolute atomic E-state index is 6.35. The Kier molecular flexibility index (Phi) is 4.19. The molecule has 0 aromatic heterocycles. The van der Waals surface area contributed by atoms with Gasteiger partial charge in [0.25, 0.3) is 0 Å². The van der Waals surface area contributed by atoms with Gasteiger partial charge in [-0.1, -0.05) is 39.0 Å². The largest absolute Gasteiger partial charge is 0.489 e. The van der Waals surface area contributed by atoms with Crippen LogP contribution in [-0.4, -0.2) is 18.7 Å². The molecular weight excluding hydrogens is 234 g/mol. The molecule has 1 aliphatic rings. The summed E-state index contributed by atoms with van der Waals surface area (Å²) in [5, 5.41) is 3.59. The molecule has 2 rings (SSSR count). The van der Waals surface area contributed by atoms with E-state index < -0.39 is 0 Å². The maximum atomic E-state index is 6.35. The van der Waals surface area contributed by atoms with Gasteiger partial charge in [0.15, 0.2) is 0 Å². The summed E-state index contributed by atoms with van der Waals surface area (Å²) < 4.78 is 6.35. The number of benzene rings is 1. The van der Waals surface area contributed by atoms with Gasteiger partial charge >= 0.3 is 0 Å². The molecule has 106 valence electrons. The van der Waals surface area contributed by atoms with Gasteiger partial charge in [0.05, 0.1) is 0 Å². The van der Waals surface area contributed by atoms with Crippen LogP contribution >= 0.6 is 0 Å². The summed E-state index contributed by atoms with van der Waals surface area (Å²) >= 11 is 0. The molecule has 1 aliphatic carbocycles. The minimum absolute atomic E-state index is 0.255. The van der Waals surface area contributed by atoms with E-state index in [0.717, 1.165) is 25.1 Å². The second-order valence-corrected chi connectivity index (χ2v) is 6.03. The average Bonchev–Trinajstić information content (AvgIpc) is 2.39. The molecule has 2 nitrogen and oxygen atoms in total. The maximum Gasteiger partial charge on any atom is 0.125 e. The topological polar surface area (TPSA) is 21.3 Å². The molecule has 0 amide bonds. The molecule has 1 fully saturated rings. The van der Waals surface area contributed by atoms with Gasteiger partial charge in [-0.05, 0) is 37.9 Å². The third kappa shape index (κ3) is 2.51. The van der Waals surface area contributed by atoms with Crippen molar-refractivity contribution >= 4 is 0 Å². The Bertz CT molecular complexity index is 423. The lowest BCUT2D eigenvalue weighted by atomic mass is 9.61. The van der Waals surface area contributed by atoms with Crippen LogP contribution in [0.1, 0.15) is 44.7 Å². The zero-order chi connectivity index (χ0) is 14.0. The van der Waals surface area contributed by atoms with E-state index in [4.69, 9.17) is 4.74 Å². The second kappa shape index (κ2) is 5.54. The van der Waals surface area contributed by atoms with Gasteiger partial charge in [-0.2, -0.15) is 0 Å². The first kappa shape index (κ1) is 14.4. The van der Waals surface area contributed by atoms with Crippen molar-refractivity contribution in [2.24, 2.45) is 5.41 Å². The summed E-state index contributed by atoms with van der Waals surface area (Å²) in [6.45, 7) is 12.1. The van der Waals surface area contributed by atoms with Gasteiger partial charge in [-0.3, -0.25) is 0 Å². The summed E-state index contributed by atoms with van der Waals surface area (Å²) in [4.78, 5) is 0. The van der Waals surface area contributed by atoms with Crippen molar-refractivity contribution in [3.05, 3.63) is 29.3 Å². The minimum atomic E-state index is 0.255. The molecule has 1 aromatic carbocycles. The lowest BCUT2D eigenvalue weighted by molar-refractivity contribution is -0.0702. The number of hydrogen-bond donors (Lipinski definition) is 1. The zero-order valence-corrected chi connectivity index (χ0v) is 12.9. The summed E-state index contributed by atoms with van der Waals surface area (Å²) in [5.74, 6) is 1.09. The SMILES string of the molecule is CCNC1CC(Oc2c(C)cccc2C)C1(C)CC. The fourth-order valence-corrected chi connectivity index (χ4v) is 3.16. The number of rotatable bonds is 5. The zero-order valence-electron chi connectivity index (χ0n) is 12.9. The Labute approximate surface area is 117 Å². The highest BCUT2D eigenvalue weighted by molar-refractivity contribution is 5.40. The highest BCUT2D eigenvalue weighted by Crippen LogP contribution is 2.46. The van der Waals surface area contributed by atoms with Gasteiger partial charge < -0.3 is 10.1 Å². The summed E-state index contributed by atoms with van der Waals surface area (Å²) in [6, 6.07) is 6.95. The summed E-state index contributed by atoms with van der Waals surface area (Å²) in [6.07, 6.45) is 2.60. The van der Waals surface area contributed by atoms with E-state index in [-0.39, 0.29) is 5.41 Å². The van der Waals surface area contributed by atoms with Crippen LogP contribution in [0.4, 0.5) is 0 Å². The van der Waals surface area contributed by atoms with E-state index in [2.05, 4.69) is 58.1 Å². The number of para-hydroxylation sites is 1. The lowest BCUT2D eigenvalue weighted by Crippen LogP contribution is -2.63. The molecule has 1 N–H and O–H groups in total. The first-order valence-corrected chi connectivity index (χ1v) is 7.49. The molecule has 0 bridgehead atoms. The number of hydrogen-bond acceptors (Lipinski definition) is 2. The Morgan fingerprint density at radius 2 is 1.89 bits per heavy atom. The van der Waals surface area contributed by atoms with Crippen LogP contribution in [0.3, 0.4) is 0 Å². The minimum Gasteiger partial charge on any atom is -0.489 e. The van der Waals surface area contributed by atoms with Crippen LogP contribution in [0.5, 0.6) is 5.75 Å². The standard InChI is InChI=1S/C17H27NO/c1-6-17(5)14(18-7-2)11-15(17)19-16-12(3)9-8-10-13(16)4/h8-10,14-15,18H,6-7,11H2,1-5H3. The van der Waals surface area contributed by atoms with Crippen molar-refractivity contribution in [2.45, 2.75) is 59.6 Å². The molecule has 1 saturated carbocycles. The lowest BCUT2D eigenvalue weighted by Gasteiger charge is -2.53. The normalized spacial score (nSPS) is 29.9. The highest BCUT2D eigenvalue weighted by atomic mass is 16.5. The third-order valence-electron chi connectivity index (χ3n) is 4.86. The monoisotopic (exact) mass is 261 g/mol. The summed E-state index contributed by atoms with van der Waals surface area (Å²) in [7, 11) is 0. The predicted molar refractivity (Wildman–Crippen MR) is 80.8 cm³/mol. The van der Waals surface area contributed by atoms with Crippen molar-refractivity contribution in [2.75, 3.05) is 6.54 Å². The molecule has 0 radical (unpaired) electrons. The fourth-order valence-electron chi connectivity index (χ4n) is 3.16. The van der Waals surface area contributed by atoms with Crippen LogP contribution in [0.25, 0.3) is 0 Å². The molecule has 1 aromatic rings. The van der Waals surface area contributed by atoms with Gasteiger partial charge in [0.1, 0.15) is 11.9 Å². The van der Waals surface area contributed by atoms with Crippen molar-refractivity contribution in [3.8, 4) is 5.75 Å². The predicted octanol–water partition coefficient (Wildman–Crippen LogP) is 3.85. The van der Waals surface area contributed by atoms with Crippen LogP contribution in [0, 0.1) is 19.3 Å². The molecule has 0 spiro atoms. The van der Waals surface area contributed by atoms with E-state index in [1.807, 2.05) is 0 Å². The Balaban J connectivity index is 2.12. The van der Waals surface area contributed by atoms with Gasteiger partial charge in [0, 0.05) is 17.9 Å². The van der Waals surface area contributed by atoms with E-state index in [1.165, 1.54) is 11.1 Å². The van der Waals surface area contributed by atoms with Crippen molar-refractivity contribution in [1.82, 2.24) is 5.32 Å². The second-order valence-electron chi connectivity index (χ2n) is 6.03. The Morgan fingerprint density at radius 3 is 2.42 bits per heavy atom. The number of nitrogens with one attached hydrogen (secondary N) is 1. The van der Waals surface area contributed by atoms with Gasteiger partial charge in [0.2, 0.25) is 0 Å². The summed E-state index contributed by atoms with van der Waals surface area (Å²) in [5.41, 5.74) is 2.74. The van der Waals surface area contributed by atoms with Crippen LogP contribution in [0.15, 0.2) is 18.2 Å². The molecule has 0 saturated heterocycles. The molecule has 0 aliphatic heterocycles. The molecule has 3 atom stereocenters. The van der Waals surface area contributed by atoms with Crippen molar-refractivity contribution in [1.29, 1.82) is 0 Å². The molecule has 19 heavy (non-hydrogen) atoms. The third-order valence-corrected chi connectivity index (χ3v) is 4.86. The van der Waals surface area contributed by atoms with Crippen LogP contribution in [0.2, 0.25) is 0 Å². The Morgan fingerprint density at radius 1 is 1.26 bits per heavy atom. The van der Waals surface area contributed by atoms with Gasteiger partial charge in [-0.25, -0.2) is 0 Å². The van der Waals surface area contributed by atoms with Crippen LogP contribution in [-0.2, 0) is 0 Å². The number of ether oxygens (including phenoxy) is 1.